The molecular weight excluding hydrogens is 538 g/mol. The van der Waals surface area contributed by atoms with Crippen LogP contribution in [0.25, 0.3) is 10.2 Å². The van der Waals surface area contributed by atoms with Crippen LogP contribution in [0.3, 0.4) is 0 Å². The number of pyridine rings is 1. The van der Waals surface area contributed by atoms with Crippen molar-refractivity contribution < 1.29 is 4.74 Å². The monoisotopic (exact) mass is 567 g/mol. The van der Waals surface area contributed by atoms with Crippen LogP contribution in [0.15, 0.2) is 66.9 Å². The highest BCUT2D eigenvalue weighted by molar-refractivity contribution is 7.80. The van der Waals surface area contributed by atoms with Crippen LogP contribution in [-0.4, -0.2) is 40.8 Å². The molecule has 0 spiro atoms. The topological polar surface area (TPSA) is 29.4 Å². The number of aromatic nitrogens is 1. The lowest BCUT2D eigenvalue weighted by Crippen LogP contribution is -2.35. The largest absolute Gasteiger partial charge is 0.379 e. The van der Waals surface area contributed by atoms with E-state index in [0.717, 1.165) is 78.3 Å². The molecule has 1 fully saturated rings. The summed E-state index contributed by atoms with van der Waals surface area (Å²) < 4.78 is 8.71. The highest BCUT2D eigenvalue weighted by atomic mass is 35.5. The molecule has 1 aliphatic heterocycles. The Morgan fingerprint density at radius 3 is 2.54 bits per heavy atom. The quantitative estimate of drug-likeness (QED) is 0.220. The minimum absolute atomic E-state index is 0.628. The van der Waals surface area contributed by atoms with Gasteiger partial charge in [-0.1, -0.05) is 78.5 Å². The predicted molar refractivity (Wildman–Crippen MR) is 161 cm³/mol. The minimum Gasteiger partial charge on any atom is -0.379 e. The maximum atomic E-state index is 6.04. The molecule has 8 heteroatoms. The zero-order valence-electron chi connectivity index (χ0n) is 20.6. The molecule has 1 aliphatic rings. The van der Waals surface area contributed by atoms with Gasteiger partial charge in [0.05, 0.1) is 17.7 Å². The van der Waals surface area contributed by atoms with Crippen molar-refractivity contribution in [3.05, 3.63) is 98.0 Å². The number of fused-ring (bicyclic) bond motifs is 1. The molecule has 4 aromatic rings. The second kappa shape index (κ2) is 12.6. The normalized spacial score (nSPS) is 14.2. The van der Waals surface area contributed by atoms with Gasteiger partial charge in [0.2, 0.25) is 0 Å². The van der Waals surface area contributed by atoms with Gasteiger partial charge in [0, 0.05) is 59.8 Å². The first-order valence-corrected chi connectivity index (χ1v) is 14.6. The maximum absolute atomic E-state index is 6.04. The molecule has 3 heterocycles. The molecule has 0 atom stereocenters. The van der Waals surface area contributed by atoms with Crippen molar-refractivity contribution in [1.82, 2.24) is 14.8 Å². The van der Waals surface area contributed by atoms with E-state index in [1.54, 1.807) is 0 Å². The molecule has 1 N–H and O–H groups in total. The van der Waals surface area contributed by atoms with E-state index in [1.165, 1.54) is 15.3 Å². The van der Waals surface area contributed by atoms with Crippen molar-refractivity contribution in [2.24, 2.45) is 0 Å². The van der Waals surface area contributed by atoms with E-state index in [9.17, 15) is 0 Å². The van der Waals surface area contributed by atoms with E-state index in [2.05, 4.69) is 57.4 Å². The van der Waals surface area contributed by atoms with Gasteiger partial charge < -0.3 is 14.6 Å². The van der Waals surface area contributed by atoms with Gasteiger partial charge in [-0.15, -0.1) is 11.3 Å². The summed E-state index contributed by atoms with van der Waals surface area (Å²) in [7, 11) is 0. The summed E-state index contributed by atoms with van der Waals surface area (Å²) in [6, 6.07) is 20.8. The summed E-state index contributed by atoms with van der Waals surface area (Å²) >= 11 is 19.7. The number of morpholine rings is 1. The lowest BCUT2D eigenvalue weighted by atomic mass is 10.1. The van der Waals surface area contributed by atoms with Gasteiger partial charge in [0.15, 0.2) is 0 Å². The summed E-state index contributed by atoms with van der Waals surface area (Å²) in [6.45, 7) is 6.00. The molecule has 0 amide bonds. The van der Waals surface area contributed by atoms with Gasteiger partial charge in [-0.2, -0.15) is 0 Å². The fourth-order valence-electron chi connectivity index (χ4n) is 4.59. The standard InChI is InChI=1S/C29H30ClN3OS3/c30-23-10-8-22(9-11-23)18-31-28(36)26-20-33(12-4-7-21-5-2-1-3-6-21)29-25(27(26)35)17-24(37-29)19-32-13-15-34-16-14-32/h1-3,5-6,8-11,17,20H,4,7,12-16,18-19H2,(H,31,36). The highest BCUT2D eigenvalue weighted by Gasteiger charge is 2.17. The molecular formula is C29H30ClN3OS3. The van der Waals surface area contributed by atoms with Crippen LogP contribution in [0.4, 0.5) is 0 Å². The molecule has 0 unspecified atom stereocenters. The maximum Gasteiger partial charge on any atom is 0.109 e. The van der Waals surface area contributed by atoms with Crippen LogP contribution in [0.2, 0.25) is 5.02 Å². The molecule has 5 rings (SSSR count). The fourth-order valence-corrected chi connectivity index (χ4v) is 6.59. The molecule has 0 radical (unpaired) electrons. The number of benzene rings is 2. The van der Waals surface area contributed by atoms with Crippen LogP contribution in [0.5, 0.6) is 0 Å². The second-order valence-corrected chi connectivity index (χ2v) is 11.7. The van der Waals surface area contributed by atoms with Crippen LogP contribution >= 0.6 is 47.4 Å². The number of nitrogens with one attached hydrogen (secondary N) is 1. The molecule has 0 saturated carbocycles. The third-order valence-electron chi connectivity index (χ3n) is 6.60. The molecule has 192 valence electrons. The third kappa shape index (κ3) is 6.85. The third-order valence-corrected chi connectivity index (χ3v) is 8.81. The summed E-state index contributed by atoms with van der Waals surface area (Å²) in [4.78, 5) is 5.69. The van der Waals surface area contributed by atoms with E-state index in [0.29, 0.717) is 11.5 Å². The molecule has 2 aromatic heterocycles. The smallest absolute Gasteiger partial charge is 0.109 e. The Bertz CT molecular complexity index is 1410. The fraction of sp³-hybridized carbons (Fsp3) is 0.310. The highest BCUT2D eigenvalue weighted by Crippen LogP contribution is 2.30. The first kappa shape index (κ1) is 26.5. The van der Waals surface area contributed by atoms with Crippen molar-refractivity contribution in [2.45, 2.75) is 32.5 Å². The molecule has 0 bridgehead atoms. The Morgan fingerprint density at radius 1 is 1.03 bits per heavy atom. The number of halogens is 1. The van der Waals surface area contributed by atoms with Crippen LogP contribution in [0, 0.1) is 4.51 Å². The van der Waals surface area contributed by atoms with E-state index in [-0.39, 0.29) is 0 Å². The van der Waals surface area contributed by atoms with Crippen molar-refractivity contribution in [3.8, 4) is 0 Å². The number of thiocarbonyl (C=S) groups is 1. The van der Waals surface area contributed by atoms with Gasteiger partial charge >= 0.3 is 0 Å². The van der Waals surface area contributed by atoms with Crippen molar-refractivity contribution in [2.75, 3.05) is 26.3 Å². The average Bonchev–Trinajstić information content (AvgIpc) is 3.35. The van der Waals surface area contributed by atoms with Crippen LogP contribution < -0.4 is 5.32 Å². The lowest BCUT2D eigenvalue weighted by molar-refractivity contribution is 0.0346. The van der Waals surface area contributed by atoms with E-state index in [4.69, 9.17) is 40.8 Å². The lowest BCUT2D eigenvalue weighted by Gasteiger charge is -2.25. The number of hydrogen-bond donors (Lipinski definition) is 1. The Hall–Kier alpha value is -2.13. The summed E-state index contributed by atoms with van der Waals surface area (Å²) in [5.74, 6) is 0. The molecule has 0 aliphatic carbocycles. The number of nitrogens with zero attached hydrogens (tertiary/aromatic N) is 2. The Kier molecular flexibility index (Phi) is 9.02. The predicted octanol–water partition coefficient (Wildman–Crippen LogP) is 7.02. The van der Waals surface area contributed by atoms with Crippen molar-refractivity contribution >= 4 is 62.6 Å². The summed E-state index contributed by atoms with van der Waals surface area (Å²) in [5, 5.41) is 5.26. The first-order valence-electron chi connectivity index (χ1n) is 12.6. The van der Waals surface area contributed by atoms with Gasteiger partial charge in [0.25, 0.3) is 0 Å². The average molecular weight is 568 g/mol. The molecule has 2 aromatic carbocycles. The summed E-state index contributed by atoms with van der Waals surface area (Å²) in [6.07, 6.45) is 4.23. The van der Waals surface area contributed by atoms with E-state index >= 15 is 0 Å². The van der Waals surface area contributed by atoms with E-state index in [1.807, 2.05) is 35.6 Å². The van der Waals surface area contributed by atoms with Gasteiger partial charge in [-0.05, 0) is 42.2 Å². The van der Waals surface area contributed by atoms with Crippen LogP contribution in [0.1, 0.15) is 28.0 Å². The number of thiophene rings is 1. The number of hydrogen-bond acceptors (Lipinski definition) is 5. The Labute approximate surface area is 237 Å². The first-order chi connectivity index (χ1) is 18.1. The van der Waals surface area contributed by atoms with Gasteiger partial charge in [-0.3, -0.25) is 4.90 Å². The number of aryl methyl sites for hydroxylation is 2. The zero-order valence-corrected chi connectivity index (χ0v) is 23.8. The summed E-state index contributed by atoms with van der Waals surface area (Å²) in [5.41, 5.74) is 3.40. The SMILES string of the molecule is S=C(NCc1ccc(Cl)cc1)c1cn(CCCc2ccccc2)c2sc(CN3CCOCC3)cc2c1=S. The second-order valence-electron chi connectivity index (χ2n) is 9.28. The Balaban J connectivity index is 1.40. The van der Waals surface area contributed by atoms with E-state index < -0.39 is 0 Å². The van der Waals surface area contributed by atoms with Crippen molar-refractivity contribution in [1.29, 1.82) is 0 Å². The number of ether oxygens (including phenoxy) is 1. The number of rotatable bonds is 9. The Morgan fingerprint density at radius 2 is 1.78 bits per heavy atom. The van der Waals surface area contributed by atoms with Crippen LogP contribution in [-0.2, 0) is 30.8 Å². The molecule has 37 heavy (non-hydrogen) atoms. The van der Waals surface area contributed by atoms with Gasteiger partial charge in [-0.25, -0.2) is 0 Å². The molecule has 1 saturated heterocycles. The minimum atomic E-state index is 0.628. The molecule has 4 nitrogen and oxygen atoms in total. The van der Waals surface area contributed by atoms with Gasteiger partial charge in [0.1, 0.15) is 9.82 Å². The van der Waals surface area contributed by atoms with Crippen molar-refractivity contribution in [3.63, 3.8) is 0 Å². The zero-order chi connectivity index (χ0) is 25.6.